The van der Waals surface area contributed by atoms with Gasteiger partial charge in [-0.1, -0.05) is 11.6 Å². The summed E-state index contributed by atoms with van der Waals surface area (Å²) in [6, 6.07) is 1.12. The van der Waals surface area contributed by atoms with E-state index in [1.165, 1.54) is 6.92 Å². The molecule has 78 valence electrons. The molecule has 0 aliphatic carbocycles. The van der Waals surface area contributed by atoms with Crippen LogP contribution in [0.2, 0.25) is 5.02 Å². The van der Waals surface area contributed by atoms with Crippen LogP contribution < -0.4 is 5.73 Å². The molecule has 14 heavy (non-hydrogen) atoms. The second kappa shape index (κ2) is 4.21. The lowest BCUT2D eigenvalue weighted by Crippen LogP contribution is -2.26. The smallest absolute Gasteiger partial charge is 0.133 e. The van der Waals surface area contributed by atoms with Gasteiger partial charge in [-0.25, -0.2) is 8.78 Å². The van der Waals surface area contributed by atoms with Crippen molar-refractivity contribution in [1.82, 2.24) is 0 Å². The number of aliphatic hydroxyl groups excluding tert-OH is 1. The molecule has 0 fully saturated rings. The number of hydrogen-bond donors (Lipinski definition) is 2. The molecule has 0 unspecified atom stereocenters. The predicted octanol–water partition coefficient (Wildman–Crippen LogP) is 2.00. The molecule has 1 aromatic carbocycles. The number of benzene rings is 1. The number of rotatable bonds is 2. The van der Waals surface area contributed by atoms with Crippen LogP contribution in [0.5, 0.6) is 0 Å². The second-order valence-corrected chi connectivity index (χ2v) is 3.52. The van der Waals surface area contributed by atoms with Gasteiger partial charge in [-0.3, -0.25) is 0 Å². The molecule has 5 heteroatoms. The van der Waals surface area contributed by atoms with Crippen LogP contribution in [0.15, 0.2) is 12.1 Å². The number of hydrogen-bond acceptors (Lipinski definition) is 2. The third kappa shape index (κ3) is 2.20. The lowest BCUT2D eigenvalue weighted by Gasteiger charge is -2.16. The van der Waals surface area contributed by atoms with Crippen molar-refractivity contribution in [3.05, 3.63) is 34.4 Å². The van der Waals surface area contributed by atoms with Gasteiger partial charge >= 0.3 is 0 Å². The average Bonchev–Trinajstić information content (AvgIpc) is 2.01. The highest BCUT2D eigenvalue weighted by atomic mass is 35.5. The largest absolute Gasteiger partial charge is 0.387 e. The van der Waals surface area contributed by atoms with E-state index in [2.05, 4.69) is 0 Å². The number of halogens is 3. The lowest BCUT2D eigenvalue weighted by molar-refractivity contribution is 0.144. The highest BCUT2D eigenvalue weighted by molar-refractivity contribution is 6.30. The van der Waals surface area contributed by atoms with Crippen LogP contribution in [-0.4, -0.2) is 11.1 Å². The maximum Gasteiger partial charge on any atom is 0.133 e. The minimum atomic E-state index is -1.37. The quantitative estimate of drug-likeness (QED) is 0.803. The van der Waals surface area contributed by atoms with Gasteiger partial charge in [-0.15, -0.1) is 0 Å². The number of nitrogens with two attached hydrogens (primary N) is 1. The van der Waals surface area contributed by atoms with E-state index >= 15 is 0 Å². The topological polar surface area (TPSA) is 46.2 Å². The Morgan fingerprint density at radius 2 is 1.79 bits per heavy atom. The first kappa shape index (κ1) is 11.4. The minimum Gasteiger partial charge on any atom is -0.387 e. The van der Waals surface area contributed by atoms with Gasteiger partial charge in [0.1, 0.15) is 11.6 Å². The highest BCUT2D eigenvalue weighted by Gasteiger charge is 2.21. The van der Waals surface area contributed by atoms with Crippen LogP contribution in [0.25, 0.3) is 0 Å². The summed E-state index contributed by atoms with van der Waals surface area (Å²) < 4.78 is 26.4. The molecule has 0 amide bonds. The van der Waals surface area contributed by atoms with Crippen molar-refractivity contribution < 1.29 is 13.9 Å². The van der Waals surface area contributed by atoms with Gasteiger partial charge in [0.05, 0.1) is 11.7 Å². The third-order valence-corrected chi connectivity index (χ3v) is 2.06. The Balaban J connectivity index is 3.20. The fourth-order valence-corrected chi connectivity index (χ4v) is 1.29. The van der Waals surface area contributed by atoms with Gasteiger partial charge < -0.3 is 10.8 Å². The molecule has 0 spiro atoms. The molecule has 1 rings (SSSR count). The summed E-state index contributed by atoms with van der Waals surface area (Å²) in [6.45, 7) is 1.46. The minimum absolute atomic E-state index is 0.0550. The zero-order valence-corrected chi connectivity index (χ0v) is 8.22. The normalized spacial score (nSPS) is 15.3. The maximum atomic E-state index is 13.2. The lowest BCUT2D eigenvalue weighted by atomic mass is 10.0. The Morgan fingerprint density at radius 3 is 2.14 bits per heavy atom. The first-order chi connectivity index (χ1) is 6.43. The summed E-state index contributed by atoms with van der Waals surface area (Å²) in [5.74, 6) is -1.78. The van der Waals surface area contributed by atoms with E-state index in [1.54, 1.807) is 0 Å². The third-order valence-electron chi connectivity index (χ3n) is 1.84. The summed E-state index contributed by atoms with van der Waals surface area (Å²) in [5, 5.41) is 9.35. The Labute approximate surface area is 85.3 Å². The van der Waals surface area contributed by atoms with Crippen LogP contribution in [0, 0.1) is 11.6 Å². The van der Waals surface area contributed by atoms with Gasteiger partial charge in [0.15, 0.2) is 0 Å². The zero-order valence-electron chi connectivity index (χ0n) is 7.47. The van der Waals surface area contributed by atoms with Gasteiger partial charge in [0, 0.05) is 11.1 Å². The molecule has 0 bridgehead atoms. The summed E-state index contributed by atoms with van der Waals surface area (Å²) in [7, 11) is 0. The van der Waals surface area contributed by atoms with Crippen LogP contribution in [0.3, 0.4) is 0 Å². The van der Waals surface area contributed by atoms with Gasteiger partial charge in [0.25, 0.3) is 0 Å². The van der Waals surface area contributed by atoms with E-state index in [9.17, 15) is 13.9 Å². The van der Waals surface area contributed by atoms with Gasteiger partial charge in [-0.2, -0.15) is 0 Å². The monoisotopic (exact) mass is 221 g/mol. The molecular weight excluding hydrogens is 212 g/mol. The van der Waals surface area contributed by atoms with Crippen LogP contribution >= 0.6 is 11.6 Å². The zero-order chi connectivity index (χ0) is 10.9. The summed E-state index contributed by atoms with van der Waals surface area (Å²) in [4.78, 5) is 0. The van der Waals surface area contributed by atoms with Crippen LogP contribution in [0.1, 0.15) is 18.6 Å². The number of aliphatic hydroxyl groups is 1. The van der Waals surface area contributed by atoms with E-state index in [4.69, 9.17) is 17.3 Å². The van der Waals surface area contributed by atoms with Crippen molar-refractivity contribution in [2.75, 3.05) is 0 Å². The molecule has 0 heterocycles. The van der Waals surface area contributed by atoms with E-state index in [0.29, 0.717) is 0 Å². The van der Waals surface area contributed by atoms with Crippen molar-refractivity contribution in [1.29, 1.82) is 0 Å². The first-order valence-corrected chi connectivity index (χ1v) is 4.39. The molecule has 0 saturated carbocycles. The van der Waals surface area contributed by atoms with Crippen molar-refractivity contribution in [3.63, 3.8) is 0 Å². The predicted molar refractivity (Wildman–Crippen MR) is 50.0 cm³/mol. The average molecular weight is 222 g/mol. The maximum absolute atomic E-state index is 13.2. The SMILES string of the molecule is C[C@H](N)[C@@H](O)c1c(F)cc(Cl)cc1F. The Hall–Kier alpha value is -0.710. The Bertz CT molecular complexity index is 321. The van der Waals surface area contributed by atoms with Gasteiger partial charge in [0.2, 0.25) is 0 Å². The molecule has 0 aliphatic rings. The molecule has 2 nitrogen and oxygen atoms in total. The molecule has 2 atom stereocenters. The van der Waals surface area contributed by atoms with Crippen molar-refractivity contribution in [2.24, 2.45) is 5.73 Å². The molecule has 1 aromatic rings. The summed E-state index contributed by atoms with van der Waals surface area (Å²) >= 11 is 5.41. The van der Waals surface area contributed by atoms with Crippen LogP contribution in [0.4, 0.5) is 8.78 Å². The van der Waals surface area contributed by atoms with E-state index in [0.717, 1.165) is 12.1 Å². The van der Waals surface area contributed by atoms with Crippen molar-refractivity contribution in [2.45, 2.75) is 19.1 Å². The molecule has 0 aromatic heterocycles. The highest BCUT2D eigenvalue weighted by Crippen LogP contribution is 2.25. The van der Waals surface area contributed by atoms with E-state index in [1.807, 2.05) is 0 Å². The fourth-order valence-electron chi connectivity index (χ4n) is 1.10. The first-order valence-electron chi connectivity index (χ1n) is 4.01. The molecular formula is C9H10ClF2NO. The van der Waals surface area contributed by atoms with Crippen molar-refractivity contribution >= 4 is 11.6 Å². The summed E-state index contributed by atoms with van der Waals surface area (Å²) in [5.41, 5.74) is 4.89. The molecule has 3 N–H and O–H groups in total. The Morgan fingerprint density at radius 1 is 1.36 bits per heavy atom. The van der Waals surface area contributed by atoms with E-state index < -0.39 is 29.3 Å². The Kier molecular flexibility index (Phi) is 3.42. The van der Waals surface area contributed by atoms with Crippen LogP contribution in [-0.2, 0) is 0 Å². The molecule has 0 aliphatic heterocycles. The molecule has 0 radical (unpaired) electrons. The van der Waals surface area contributed by atoms with E-state index in [-0.39, 0.29) is 5.02 Å². The van der Waals surface area contributed by atoms with Crippen molar-refractivity contribution in [3.8, 4) is 0 Å². The second-order valence-electron chi connectivity index (χ2n) is 3.09. The summed E-state index contributed by atoms with van der Waals surface area (Å²) in [6.07, 6.45) is -1.37. The standard InChI is InChI=1S/C9H10ClF2NO/c1-4(13)9(14)8-6(11)2-5(10)3-7(8)12/h2-4,9,14H,13H2,1H3/t4-,9+/m0/s1. The van der Waals surface area contributed by atoms with Gasteiger partial charge in [-0.05, 0) is 19.1 Å². The fraction of sp³-hybridized carbons (Fsp3) is 0.333. The molecule has 0 saturated heterocycles.